The van der Waals surface area contributed by atoms with Crippen LogP contribution in [0.5, 0.6) is 0 Å². The summed E-state index contributed by atoms with van der Waals surface area (Å²) < 4.78 is 13.4. The zero-order valence-corrected chi connectivity index (χ0v) is 19.5. The van der Waals surface area contributed by atoms with E-state index in [2.05, 4.69) is 46.1 Å². The smallest absolute Gasteiger partial charge is 0.123 e. The third-order valence-electron chi connectivity index (χ3n) is 5.34. The monoisotopic (exact) mass is 442 g/mol. The minimum absolute atomic E-state index is 0.259. The Balaban J connectivity index is 0.00000149. The van der Waals surface area contributed by atoms with Crippen LogP contribution in [0.3, 0.4) is 0 Å². The Hall–Kier alpha value is -3.73. The zero-order chi connectivity index (χ0) is 23.6. The number of hydrogen-bond acceptors (Lipinski definition) is 3. The third-order valence-corrected chi connectivity index (χ3v) is 5.34. The van der Waals surface area contributed by atoms with Crippen LogP contribution in [0.4, 0.5) is 4.39 Å². The normalized spacial score (nSPS) is 10.3. The van der Waals surface area contributed by atoms with Crippen molar-refractivity contribution < 1.29 is 4.39 Å². The molecule has 2 N–H and O–H groups in total. The first-order valence-corrected chi connectivity index (χ1v) is 11.4. The molecule has 0 amide bonds. The summed E-state index contributed by atoms with van der Waals surface area (Å²) in [6, 6.07) is 18.6. The van der Waals surface area contributed by atoms with Crippen LogP contribution in [-0.4, -0.2) is 21.7 Å². The summed E-state index contributed by atoms with van der Waals surface area (Å²) in [5.74, 6) is -0.259. The van der Waals surface area contributed by atoms with Gasteiger partial charge < -0.3 is 5.32 Å². The van der Waals surface area contributed by atoms with Gasteiger partial charge >= 0.3 is 0 Å². The van der Waals surface area contributed by atoms with Crippen LogP contribution in [0.1, 0.15) is 37.1 Å². The number of pyridine rings is 1. The summed E-state index contributed by atoms with van der Waals surface area (Å²) in [4.78, 5) is 4.13. The van der Waals surface area contributed by atoms with Crippen molar-refractivity contribution in [1.82, 2.24) is 20.5 Å². The van der Waals surface area contributed by atoms with Gasteiger partial charge in [0.05, 0.1) is 0 Å². The second-order valence-corrected chi connectivity index (χ2v) is 7.49. The van der Waals surface area contributed by atoms with Gasteiger partial charge in [0.25, 0.3) is 0 Å². The molecular weight excluding hydrogens is 411 g/mol. The molecule has 0 atom stereocenters. The van der Waals surface area contributed by atoms with Gasteiger partial charge in [-0.3, -0.25) is 10.1 Å². The van der Waals surface area contributed by atoms with Crippen molar-refractivity contribution in [2.45, 2.75) is 33.6 Å². The van der Waals surface area contributed by atoms with E-state index in [0.29, 0.717) is 0 Å². The van der Waals surface area contributed by atoms with E-state index in [-0.39, 0.29) is 5.82 Å². The van der Waals surface area contributed by atoms with Gasteiger partial charge in [-0.15, -0.1) is 0 Å². The lowest BCUT2D eigenvalue weighted by atomic mass is 9.98. The Labute approximate surface area is 195 Å². The Morgan fingerprint density at radius 2 is 1.67 bits per heavy atom. The molecule has 0 fully saturated rings. The molecule has 0 aliphatic rings. The van der Waals surface area contributed by atoms with E-state index in [1.54, 1.807) is 24.5 Å². The molecule has 4 rings (SSSR count). The summed E-state index contributed by atoms with van der Waals surface area (Å²) >= 11 is 0. The van der Waals surface area contributed by atoms with Crippen LogP contribution < -0.4 is 5.32 Å². The zero-order valence-electron chi connectivity index (χ0n) is 19.5. The predicted molar refractivity (Wildman–Crippen MR) is 135 cm³/mol. The first-order chi connectivity index (χ1) is 16.1. The lowest BCUT2D eigenvalue weighted by Gasteiger charge is -2.12. The fourth-order valence-electron chi connectivity index (χ4n) is 3.72. The molecule has 0 radical (unpaired) electrons. The maximum absolute atomic E-state index is 13.4. The number of rotatable bonds is 8. The average molecular weight is 443 g/mol. The van der Waals surface area contributed by atoms with Crippen LogP contribution in [0.15, 0.2) is 79.6 Å². The van der Waals surface area contributed by atoms with Crippen molar-refractivity contribution in [3.05, 3.63) is 102 Å². The Morgan fingerprint density at radius 1 is 0.970 bits per heavy atom. The van der Waals surface area contributed by atoms with E-state index >= 15 is 0 Å². The van der Waals surface area contributed by atoms with Gasteiger partial charge in [-0.25, -0.2) is 4.39 Å². The fraction of sp³-hybridized carbons (Fsp3) is 0.214. The molecule has 33 heavy (non-hydrogen) atoms. The summed E-state index contributed by atoms with van der Waals surface area (Å²) in [7, 11) is 0. The number of halogens is 1. The van der Waals surface area contributed by atoms with Crippen LogP contribution in [0.25, 0.3) is 28.1 Å². The first-order valence-electron chi connectivity index (χ1n) is 11.4. The molecule has 0 saturated heterocycles. The van der Waals surface area contributed by atoms with E-state index in [4.69, 9.17) is 0 Å². The van der Waals surface area contributed by atoms with Gasteiger partial charge in [0.15, 0.2) is 0 Å². The summed E-state index contributed by atoms with van der Waals surface area (Å²) in [6.07, 6.45) is 5.27. The summed E-state index contributed by atoms with van der Waals surface area (Å²) in [5.41, 5.74) is 8.10. The van der Waals surface area contributed by atoms with Crippen LogP contribution >= 0.6 is 0 Å². The highest BCUT2D eigenvalue weighted by Crippen LogP contribution is 2.33. The number of aromatic nitrogens is 3. The molecule has 0 spiro atoms. The Bertz CT molecular complexity index is 1160. The minimum Gasteiger partial charge on any atom is -0.385 e. The van der Waals surface area contributed by atoms with Crippen LogP contribution in [-0.2, 0) is 6.42 Å². The highest BCUT2D eigenvalue weighted by Gasteiger charge is 2.16. The molecule has 4 nitrogen and oxygen atoms in total. The molecule has 4 aromatic rings. The van der Waals surface area contributed by atoms with Crippen molar-refractivity contribution in [2.75, 3.05) is 6.54 Å². The number of benzene rings is 2. The molecule has 170 valence electrons. The Kier molecular flexibility index (Phi) is 8.53. The SMILES string of the molecule is C=C(NCCCc1[nH]nc(-c2ccc(F)cc2)c1-c1ccncc1)c1ccccc1C.CC. The topological polar surface area (TPSA) is 53.6 Å². The van der Waals surface area contributed by atoms with Crippen molar-refractivity contribution in [3.8, 4) is 22.4 Å². The third kappa shape index (κ3) is 5.95. The van der Waals surface area contributed by atoms with E-state index in [0.717, 1.165) is 58.7 Å². The van der Waals surface area contributed by atoms with Crippen LogP contribution in [0, 0.1) is 12.7 Å². The molecular formula is C28H31FN4. The molecule has 0 unspecified atom stereocenters. The number of aryl methyl sites for hydroxylation is 2. The quantitative estimate of drug-likeness (QED) is 0.295. The standard InChI is InChI=1S/C26H25FN4.C2H6/c1-18-6-3-4-7-23(18)19(2)29-15-5-8-24-25(20-13-16-28-17-14-20)26(31-30-24)21-9-11-22(27)12-10-21;1-2/h3-4,6-7,9-14,16-17,29H,2,5,8,15H2,1H3,(H,30,31);1-2H3. The fourth-order valence-corrected chi connectivity index (χ4v) is 3.72. The first kappa shape index (κ1) is 23.9. The highest BCUT2D eigenvalue weighted by atomic mass is 19.1. The summed E-state index contributed by atoms with van der Waals surface area (Å²) in [6.45, 7) is 11.1. The van der Waals surface area contributed by atoms with E-state index in [1.165, 1.54) is 17.7 Å². The van der Waals surface area contributed by atoms with E-state index in [9.17, 15) is 4.39 Å². The van der Waals surface area contributed by atoms with Crippen LogP contribution in [0.2, 0.25) is 0 Å². The molecule has 2 aromatic carbocycles. The van der Waals surface area contributed by atoms with Gasteiger partial charge in [0, 0.05) is 41.5 Å². The van der Waals surface area contributed by atoms with Gasteiger partial charge in [0.1, 0.15) is 11.5 Å². The van der Waals surface area contributed by atoms with Gasteiger partial charge in [-0.1, -0.05) is 44.7 Å². The predicted octanol–water partition coefficient (Wildman–Crippen LogP) is 6.81. The van der Waals surface area contributed by atoms with Crippen molar-refractivity contribution >= 4 is 5.70 Å². The van der Waals surface area contributed by atoms with Crippen molar-refractivity contribution in [2.24, 2.45) is 0 Å². The number of H-pyrrole nitrogens is 1. The summed E-state index contributed by atoms with van der Waals surface area (Å²) in [5, 5.41) is 11.2. The lowest BCUT2D eigenvalue weighted by Crippen LogP contribution is -2.14. The van der Waals surface area contributed by atoms with E-state index in [1.807, 2.05) is 38.1 Å². The molecule has 0 saturated carbocycles. The molecule has 5 heteroatoms. The maximum atomic E-state index is 13.4. The second kappa shape index (κ2) is 11.8. The molecule has 2 heterocycles. The van der Waals surface area contributed by atoms with Crippen molar-refractivity contribution in [1.29, 1.82) is 0 Å². The lowest BCUT2D eigenvalue weighted by molar-refractivity contribution is 0.628. The average Bonchev–Trinajstić information content (AvgIpc) is 3.28. The van der Waals surface area contributed by atoms with E-state index < -0.39 is 0 Å². The van der Waals surface area contributed by atoms with Crippen molar-refractivity contribution in [3.63, 3.8) is 0 Å². The molecule has 0 aliphatic heterocycles. The number of nitrogens with one attached hydrogen (secondary N) is 2. The van der Waals surface area contributed by atoms with Gasteiger partial charge in [0.2, 0.25) is 0 Å². The molecule has 2 aromatic heterocycles. The van der Waals surface area contributed by atoms with Gasteiger partial charge in [-0.05, 0) is 72.9 Å². The number of nitrogens with zero attached hydrogens (tertiary/aromatic N) is 2. The molecule has 0 aliphatic carbocycles. The highest BCUT2D eigenvalue weighted by molar-refractivity contribution is 5.82. The maximum Gasteiger partial charge on any atom is 0.123 e. The Morgan fingerprint density at radius 3 is 2.36 bits per heavy atom. The van der Waals surface area contributed by atoms with Gasteiger partial charge in [-0.2, -0.15) is 5.10 Å². The largest absolute Gasteiger partial charge is 0.385 e. The second-order valence-electron chi connectivity index (χ2n) is 7.49. The molecule has 0 bridgehead atoms. The minimum atomic E-state index is -0.259. The number of hydrogen-bond donors (Lipinski definition) is 2. The number of aromatic amines is 1.